The molecule has 0 radical (unpaired) electrons. The number of amides is 1. The van der Waals surface area contributed by atoms with Gasteiger partial charge in [0, 0.05) is 61.0 Å². The SMILES string of the molecule is C=C(N(CC1CCN(C(C)=O)CC1)c1ccc([S+]([O-])c2cccs2)cc1N)C(C)(C)C. The first-order valence-corrected chi connectivity index (χ1v) is 12.7. The zero-order valence-electron chi connectivity index (χ0n) is 18.9. The van der Waals surface area contributed by atoms with E-state index in [9.17, 15) is 9.35 Å². The lowest BCUT2D eigenvalue weighted by molar-refractivity contribution is -0.130. The molecular weight excluding hydrogens is 426 g/mol. The van der Waals surface area contributed by atoms with Crippen LogP contribution in [-0.2, 0) is 16.0 Å². The standard InChI is InChI=1S/C24H33N3O2S2/c1-17(24(3,4)5)27(16-19-10-12-26(13-11-19)18(2)28)22-9-8-20(15-21(22)25)31(29)23-7-6-14-30-23/h6-9,14-15,19H,1,10-13,16,25H2,2-5H3. The monoisotopic (exact) mass is 459 g/mol. The summed E-state index contributed by atoms with van der Waals surface area (Å²) < 4.78 is 13.7. The summed E-state index contributed by atoms with van der Waals surface area (Å²) in [5, 5.41) is 1.93. The summed E-state index contributed by atoms with van der Waals surface area (Å²) in [6.45, 7) is 14.9. The Hall–Kier alpha value is -1.96. The minimum atomic E-state index is -1.23. The van der Waals surface area contributed by atoms with Gasteiger partial charge in [0.1, 0.15) is 0 Å². The Morgan fingerprint density at radius 1 is 1.32 bits per heavy atom. The number of allylic oxidation sites excluding steroid dienone is 1. The maximum atomic E-state index is 12.8. The van der Waals surface area contributed by atoms with Crippen molar-refractivity contribution in [3.8, 4) is 0 Å². The van der Waals surface area contributed by atoms with Crippen LogP contribution in [0.3, 0.4) is 0 Å². The molecule has 1 amide bonds. The molecule has 1 fully saturated rings. The van der Waals surface area contributed by atoms with Crippen molar-refractivity contribution in [2.45, 2.75) is 49.6 Å². The van der Waals surface area contributed by atoms with Crippen molar-refractivity contribution >= 4 is 39.8 Å². The van der Waals surface area contributed by atoms with Crippen LogP contribution in [0.5, 0.6) is 0 Å². The third kappa shape index (κ3) is 5.64. The van der Waals surface area contributed by atoms with Crippen LogP contribution in [0.2, 0.25) is 0 Å². The Kier molecular flexibility index (Phi) is 7.39. The lowest BCUT2D eigenvalue weighted by Gasteiger charge is -2.39. The molecule has 3 rings (SSSR count). The average Bonchev–Trinajstić information content (AvgIpc) is 3.25. The van der Waals surface area contributed by atoms with Gasteiger partial charge in [0.2, 0.25) is 10.1 Å². The number of nitrogens with two attached hydrogens (primary N) is 1. The smallest absolute Gasteiger partial charge is 0.219 e. The first-order chi connectivity index (χ1) is 14.6. The van der Waals surface area contributed by atoms with Crippen molar-refractivity contribution in [2.75, 3.05) is 30.3 Å². The third-order valence-corrected chi connectivity index (χ3v) is 8.46. The molecule has 1 aliphatic heterocycles. The zero-order valence-corrected chi connectivity index (χ0v) is 20.5. The van der Waals surface area contributed by atoms with Crippen LogP contribution >= 0.6 is 11.3 Å². The number of rotatable bonds is 6. The number of piperidine rings is 1. The molecule has 0 saturated carbocycles. The highest BCUT2D eigenvalue weighted by Crippen LogP contribution is 2.37. The number of nitrogens with zero attached hydrogens (tertiary/aromatic N) is 2. The summed E-state index contributed by atoms with van der Waals surface area (Å²) in [7, 11) is 0. The Morgan fingerprint density at radius 3 is 2.52 bits per heavy atom. The van der Waals surface area contributed by atoms with E-state index in [2.05, 4.69) is 32.3 Å². The maximum absolute atomic E-state index is 12.8. The minimum absolute atomic E-state index is 0.120. The molecular formula is C24H33N3O2S2. The number of anilines is 2. The molecule has 1 unspecified atom stereocenters. The zero-order chi connectivity index (χ0) is 22.8. The number of benzene rings is 1. The van der Waals surface area contributed by atoms with E-state index >= 15 is 0 Å². The van der Waals surface area contributed by atoms with Crippen LogP contribution in [0.15, 0.2) is 57.1 Å². The number of hydrogen-bond acceptors (Lipinski definition) is 5. The van der Waals surface area contributed by atoms with Gasteiger partial charge >= 0.3 is 0 Å². The van der Waals surface area contributed by atoms with Gasteiger partial charge in [0.05, 0.1) is 11.4 Å². The summed E-state index contributed by atoms with van der Waals surface area (Å²) in [6, 6.07) is 9.49. The maximum Gasteiger partial charge on any atom is 0.219 e. The lowest BCUT2D eigenvalue weighted by atomic mass is 9.89. The predicted octanol–water partition coefficient (Wildman–Crippen LogP) is 5.12. The van der Waals surface area contributed by atoms with E-state index in [0.717, 1.165) is 48.1 Å². The molecule has 0 aliphatic carbocycles. The molecule has 7 heteroatoms. The van der Waals surface area contributed by atoms with Crippen molar-refractivity contribution in [3.05, 3.63) is 48.0 Å². The summed E-state index contributed by atoms with van der Waals surface area (Å²) in [6.07, 6.45) is 1.93. The third-order valence-electron chi connectivity index (χ3n) is 5.87. The van der Waals surface area contributed by atoms with Gasteiger partial charge in [-0.15, -0.1) is 0 Å². The van der Waals surface area contributed by atoms with Crippen LogP contribution in [0.4, 0.5) is 11.4 Å². The molecule has 1 saturated heterocycles. The summed E-state index contributed by atoms with van der Waals surface area (Å²) in [5.74, 6) is 0.599. The first kappa shape index (κ1) is 23.7. The van der Waals surface area contributed by atoms with Crippen molar-refractivity contribution in [1.82, 2.24) is 4.90 Å². The molecule has 0 bridgehead atoms. The highest BCUT2D eigenvalue weighted by atomic mass is 32.2. The van der Waals surface area contributed by atoms with E-state index in [0.29, 0.717) is 16.5 Å². The molecule has 2 heterocycles. The lowest BCUT2D eigenvalue weighted by Crippen LogP contribution is -2.41. The van der Waals surface area contributed by atoms with E-state index in [1.54, 1.807) is 6.92 Å². The number of hydrogen-bond donors (Lipinski definition) is 1. The van der Waals surface area contributed by atoms with Gasteiger partial charge in [-0.25, -0.2) is 0 Å². The van der Waals surface area contributed by atoms with Gasteiger partial charge in [0.15, 0.2) is 4.90 Å². The Bertz CT molecular complexity index is 913. The van der Waals surface area contributed by atoms with Crippen molar-refractivity contribution in [2.24, 2.45) is 11.3 Å². The number of likely N-dealkylation sites (tertiary alicyclic amines) is 1. The molecule has 1 aromatic heterocycles. The van der Waals surface area contributed by atoms with Crippen LogP contribution in [0.25, 0.3) is 0 Å². The normalized spacial score (nSPS) is 16.2. The van der Waals surface area contributed by atoms with Gasteiger partial charge < -0.3 is 20.1 Å². The topological polar surface area (TPSA) is 72.6 Å². The van der Waals surface area contributed by atoms with Crippen molar-refractivity contribution < 1.29 is 9.35 Å². The van der Waals surface area contributed by atoms with Gasteiger partial charge in [-0.2, -0.15) is 0 Å². The van der Waals surface area contributed by atoms with E-state index in [1.807, 2.05) is 40.6 Å². The fourth-order valence-electron chi connectivity index (χ4n) is 3.83. The van der Waals surface area contributed by atoms with Crippen molar-refractivity contribution in [1.29, 1.82) is 0 Å². The summed E-state index contributed by atoms with van der Waals surface area (Å²) >= 11 is 0.253. The fourth-order valence-corrected chi connectivity index (χ4v) is 5.94. The summed E-state index contributed by atoms with van der Waals surface area (Å²) in [4.78, 5) is 16.5. The second-order valence-corrected chi connectivity index (χ2v) is 11.8. The largest absolute Gasteiger partial charge is 0.606 e. The number of carbonyl (C=O) groups is 1. The second-order valence-electron chi connectivity index (χ2n) is 9.18. The summed E-state index contributed by atoms with van der Waals surface area (Å²) in [5.41, 5.74) is 8.88. The number of thiophene rings is 1. The highest BCUT2D eigenvalue weighted by Gasteiger charge is 2.29. The minimum Gasteiger partial charge on any atom is -0.606 e. The van der Waals surface area contributed by atoms with E-state index in [1.165, 1.54) is 11.3 Å². The molecule has 1 aromatic carbocycles. The Labute approximate surface area is 193 Å². The van der Waals surface area contributed by atoms with E-state index < -0.39 is 11.2 Å². The number of carbonyl (C=O) groups excluding carboxylic acids is 1. The Morgan fingerprint density at radius 2 is 2.00 bits per heavy atom. The molecule has 2 aromatic rings. The number of nitrogen functional groups attached to an aromatic ring is 1. The Balaban J connectivity index is 1.84. The van der Waals surface area contributed by atoms with E-state index in [-0.39, 0.29) is 11.3 Å². The van der Waals surface area contributed by atoms with Crippen LogP contribution in [0.1, 0.15) is 40.5 Å². The molecule has 1 aliphatic rings. The average molecular weight is 460 g/mol. The van der Waals surface area contributed by atoms with Gasteiger partial charge in [-0.3, -0.25) is 4.79 Å². The van der Waals surface area contributed by atoms with Crippen LogP contribution in [-0.4, -0.2) is 35.0 Å². The van der Waals surface area contributed by atoms with Gasteiger partial charge in [0.25, 0.3) is 0 Å². The van der Waals surface area contributed by atoms with Gasteiger partial charge in [-0.1, -0.05) is 38.7 Å². The fraction of sp³-hybridized carbons (Fsp3) is 0.458. The van der Waals surface area contributed by atoms with Crippen LogP contribution < -0.4 is 10.6 Å². The van der Waals surface area contributed by atoms with E-state index in [4.69, 9.17) is 5.73 Å². The molecule has 2 N–H and O–H groups in total. The predicted molar refractivity (Wildman–Crippen MR) is 131 cm³/mol. The van der Waals surface area contributed by atoms with Crippen molar-refractivity contribution in [3.63, 3.8) is 0 Å². The second kappa shape index (κ2) is 9.67. The molecule has 1 atom stereocenters. The highest BCUT2D eigenvalue weighted by molar-refractivity contribution is 7.93. The molecule has 168 valence electrons. The van der Waals surface area contributed by atoms with Gasteiger partial charge in [-0.05, 0) is 42.3 Å². The first-order valence-electron chi connectivity index (χ1n) is 10.6. The quantitative estimate of drug-likeness (QED) is 0.481. The molecule has 0 spiro atoms. The molecule has 31 heavy (non-hydrogen) atoms. The van der Waals surface area contributed by atoms with Crippen LogP contribution in [0, 0.1) is 11.3 Å². The molecule has 5 nitrogen and oxygen atoms in total.